The van der Waals surface area contributed by atoms with E-state index in [-0.39, 0.29) is 23.1 Å². The molecule has 0 fully saturated rings. The van der Waals surface area contributed by atoms with Gasteiger partial charge in [0.05, 0.1) is 0 Å². The molecule has 0 saturated heterocycles. The van der Waals surface area contributed by atoms with Crippen molar-refractivity contribution >= 4 is 23.1 Å². The smallest absolute Gasteiger partial charge is 0.396 e. The molecule has 0 aliphatic carbocycles. The maximum absolute atomic E-state index is 8.07. The van der Waals surface area contributed by atoms with Crippen LogP contribution in [0.25, 0.3) is 0 Å². The van der Waals surface area contributed by atoms with Crippen molar-refractivity contribution in [2.45, 2.75) is 85.0 Å². The molecule has 0 spiro atoms. The SMILES string of the molecule is CCCCO.[CH2-]CCC.[CH2-]CCCCCCC.[Mg+2]. The van der Waals surface area contributed by atoms with Gasteiger partial charge in [-0.25, -0.2) is 0 Å². The van der Waals surface area contributed by atoms with Crippen LogP contribution in [0.1, 0.15) is 85.0 Å². The van der Waals surface area contributed by atoms with E-state index in [4.69, 9.17) is 5.11 Å². The quantitative estimate of drug-likeness (QED) is 0.364. The standard InChI is InChI=1S/C8H17.C4H10O.C4H9.Mg/c1-3-5-7-8-6-4-2;1-2-3-4-5;1-3-4-2;/h1,3-8H2,2H3;5H,2-4H2,1H3;1,3-4H2,2H3;/q-1;;-1;+2. The van der Waals surface area contributed by atoms with Crippen molar-refractivity contribution in [3.63, 3.8) is 0 Å². The van der Waals surface area contributed by atoms with Crippen LogP contribution in [0.4, 0.5) is 0 Å². The average Bonchev–Trinajstić information content (AvgIpc) is 2.37. The van der Waals surface area contributed by atoms with Crippen LogP contribution >= 0.6 is 0 Å². The fourth-order valence-corrected chi connectivity index (χ4v) is 0.938. The summed E-state index contributed by atoms with van der Waals surface area (Å²) in [4.78, 5) is 0. The summed E-state index contributed by atoms with van der Waals surface area (Å²) in [6.07, 6.45) is 12.3. The van der Waals surface area contributed by atoms with Crippen molar-refractivity contribution in [1.82, 2.24) is 0 Å². The zero-order valence-electron chi connectivity index (χ0n) is 13.3. The maximum atomic E-state index is 8.07. The molecule has 1 nitrogen and oxygen atoms in total. The molecule has 2 heteroatoms. The molecule has 0 rings (SSSR count). The van der Waals surface area contributed by atoms with Crippen molar-refractivity contribution in [2.24, 2.45) is 0 Å². The fraction of sp³-hybridized carbons (Fsp3) is 0.875. The molecular formula is C16H36MgO. The maximum Gasteiger partial charge on any atom is 2.00 e. The fourth-order valence-electron chi connectivity index (χ4n) is 0.938. The van der Waals surface area contributed by atoms with Crippen LogP contribution in [0, 0.1) is 13.8 Å². The summed E-state index contributed by atoms with van der Waals surface area (Å²) in [5.41, 5.74) is 0. The summed E-state index contributed by atoms with van der Waals surface area (Å²) < 4.78 is 0. The van der Waals surface area contributed by atoms with Crippen molar-refractivity contribution in [3.05, 3.63) is 13.8 Å². The number of hydrogen-bond donors (Lipinski definition) is 1. The van der Waals surface area contributed by atoms with Crippen molar-refractivity contribution in [1.29, 1.82) is 0 Å². The van der Waals surface area contributed by atoms with Crippen molar-refractivity contribution in [2.75, 3.05) is 6.61 Å². The molecule has 0 saturated carbocycles. The molecule has 108 valence electrons. The van der Waals surface area contributed by atoms with Crippen LogP contribution < -0.4 is 0 Å². The van der Waals surface area contributed by atoms with Gasteiger partial charge in [0.25, 0.3) is 0 Å². The van der Waals surface area contributed by atoms with Gasteiger partial charge >= 0.3 is 23.1 Å². The normalized spacial score (nSPS) is 8.33. The number of hydrogen-bond acceptors (Lipinski definition) is 1. The molecule has 0 amide bonds. The van der Waals surface area contributed by atoms with E-state index in [1.165, 1.54) is 38.5 Å². The predicted octanol–water partition coefficient (Wildman–Crippen LogP) is 5.20. The van der Waals surface area contributed by atoms with Crippen LogP contribution in [0.5, 0.6) is 0 Å². The largest absolute Gasteiger partial charge is 2.00 e. The topological polar surface area (TPSA) is 20.2 Å². The van der Waals surface area contributed by atoms with E-state index in [0.29, 0.717) is 6.61 Å². The van der Waals surface area contributed by atoms with Crippen LogP contribution in [-0.2, 0) is 0 Å². The minimum absolute atomic E-state index is 0. The summed E-state index contributed by atoms with van der Waals surface area (Å²) in [5, 5.41) is 8.07. The Morgan fingerprint density at radius 1 is 0.667 bits per heavy atom. The Labute approximate surface area is 133 Å². The van der Waals surface area contributed by atoms with Gasteiger partial charge in [0.2, 0.25) is 0 Å². The van der Waals surface area contributed by atoms with Gasteiger partial charge in [-0.2, -0.15) is 12.8 Å². The molecule has 0 aliphatic rings. The van der Waals surface area contributed by atoms with Gasteiger partial charge in [-0.05, 0) is 6.42 Å². The van der Waals surface area contributed by atoms with Gasteiger partial charge < -0.3 is 19.0 Å². The monoisotopic (exact) mass is 268 g/mol. The Kier molecular flexibility index (Phi) is 54.4. The van der Waals surface area contributed by atoms with Crippen molar-refractivity contribution in [3.8, 4) is 0 Å². The van der Waals surface area contributed by atoms with Gasteiger partial charge in [0.1, 0.15) is 0 Å². The van der Waals surface area contributed by atoms with E-state index in [9.17, 15) is 0 Å². The zero-order valence-corrected chi connectivity index (χ0v) is 14.8. The summed E-state index contributed by atoms with van der Waals surface area (Å²) in [6, 6.07) is 0. The van der Waals surface area contributed by atoms with E-state index in [1.807, 2.05) is 0 Å². The second-order valence-corrected chi connectivity index (χ2v) is 4.20. The Bertz CT molecular complexity index is 77.2. The molecule has 0 bridgehead atoms. The third-order valence-electron chi connectivity index (χ3n) is 2.22. The number of rotatable bonds is 8. The molecule has 0 atom stereocenters. The number of aliphatic hydroxyl groups is 1. The average molecular weight is 269 g/mol. The minimum atomic E-state index is 0. The first-order chi connectivity index (χ1) is 8.24. The Hall–Kier alpha value is 0.726. The molecular weight excluding hydrogens is 232 g/mol. The molecule has 0 aromatic carbocycles. The molecule has 0 aromatic heterocycles. The van der Waals surface area contributed by atoms with Crippen LogP contribution in [0.3, 0.4) is 0 Å². The van der Waals surface area contributed by atoms with Gasteiger partial charge in [-0.1, -0.05) is 65.7 Å². The molecule has 18 heavy (non-hydrogen) atoms. The van der Waals surface area contributed by atoms with Crippen LogP contribution in [0.15, 0.2) is 0 Å². The Balaban J connectivity index is -0.0000000855. The van der Waals surface area contributed by atoms with Crippen LogP contribution in [0.2, 0.25) is 0 Å². The summed E-state index contributed by atoms with van der Waals surface area (Å²) >= 11 is 0. The Morgan fingerprint density at radius 2 is 1.11 bits per heavy atom. The van der Waals surface area contributed by atoms with E-state index >= 15 is 0 Å². The molecule has 0 aliphatic heterocycles. The number of unbranched alkanes of at least 4 members (excludes halogenated alkanes) is 7. The molecule has 0 aromatic rings. The first kappa shape index (κ1) is 27.1. The van der Waals surface area contributed by atoms with Crippen LogP contribution in [-0.4, -0.2) is 34.8 Å². The third kappa shape index (κ3) is 54.3. The van der Waals surface area contributed by atoms with Gasteiger partial charge in [0, 0.05) is 6.61 Å². The first-order valence-corrected chi connectivity index (χ1v) is 7.44. The summed E-state index contributed by atoms with van der Waals surface area (Å²) in [5.74, 6) is 0. The predicted molar refractivity (Wildman–Crippen MR) is 86.7 cm³/mol. The van der Waals surface area contributed by atoms with E-state index in [0.717, 1.165) is 25.7 Å². The van der Waals surface area contributed by atoms with Gasteiger partial charge in [-0.3, -0.25) is 0 Å². The minimum Gasteiger partial charge on any atom is -0.396 e. The second-order valence-electron chi connectivity index (χ2n) is 4.20. The summed E-state index contributed by atoms with van der Waals surface area (Å²) in [7, 11) is 0. The van der Waals surface area contributed by atoms with Gasteiger partial charge in [-0.15, -0.1) is 0 Å². The van der Waals surface area contributed by atoms with E-state index in [2.05, 4.69) is 34.6 Å². The van der Waals surface area contributed by atoms with E-state index in [1.54, 1.807) is 0 Å². The second kappa shape index (κ2) is 36.1. The molecule has 0 heterocycles. The number of aliphatic hydroxyl groups excluding tert-OH is 1. The first-order valence-electron chi connectivity index (χ1n) is 7.44. The third-order valence-corrected chi connectivity index (χ3v) is 2.22. The summed E-state index contributed by atoms with van der Waals surface area (Å²) in [6.45, 7) is 14.1. The molecule has 1 N–H and O–H groups in total. The van der Waals surface area contributed by atoms with E-state index < -0.39 is 0 Å². The van der Waals surface area contributed by atoms with Gasteiger partial charge in [0.15, 0.2) is 0 Å². The Morgan fingerprint density at radius 3 is 1.33 bits per heavy atom. The molecule has 0 unspecified atom stereocenters. The zero-order chi connectivity index (χ0) is 13.8. The van der Waals surface area contributed by atoms with Crippen molar-refractivity contribution < 1.29 is 5.11 Å². The molecule has 0 radical (unpaired) electrons.